The van der Waals surface area contributed by atoms with Crippen molar-refractivity contribution in [3.63, 3.8) is 0 Å². The Kier molecular flexibility index (Phi) is 8.24. The molecule has 2 aromatic carbocycles. The minimum Gasteiger partial charge on any atom is -0.502 e. The van der Waals surface area contributed by atoms with Crippen molar-refractivity contribution >= 4 is 29.4 Å². The number of carbonyl (C=O) groups is 2. The summed E-state index contributed by atoms with van der Waals surface area (Å²) in [5.74, 6) is -1.58. The first-order valence-corrected chi connectivity index (χ1v) is 9.18. The quantitative estimate of drug-likeness (QED) is 0.252. The smallest absolute Gasteiger partial charge is 0.318 e. The third kappa shape index (κ3) is 5.84. The number of hydrogen-bond donors (Lipinski definition) is 3. The minimum atomic E-state index is -1.00. The molecule has 0 aliphatic rings. The van der Waals surface area contributed by atoms with Gasteiger partial charge < -0.3 is 24.6 Å². The van der Waals surface area contributed by atoms with E-state index in [1.54, 1.807) is 0 Å². The molecule has 15 nitrogen and oxygen atoms in total. The first kappa shape index (κ1) is 25.3. The minimum absolute atomic E-state index is 0.111. The molecule has 3 N–H and O–H groups in total. The van der Waals surface area contributed by atoms with Crippen LogP contribution in [0.1, 0.15) is 15.9 Å². The van der Waals surface area contributed by atoms with Gasteiger partial charge in [0.15, 0.2) is 11.5 Å². The van der Waals surface area contributed by atoms with Gasteiger partial charge in [0, 0.05) is 11.6 Å². The second kappa shape index (κ2) is 11.1. The van der Waals surface area contributed by atoms with Crippen LogP contribution >= 0.6 is 0 Å². The summed E-state index contributed by atoms with van der Waals surface area (Å²) in [7, 11) is 4.15. The van der Waals surface area contributed by atoms with E-state index in [1.165, 1.54) is 33.5 Å². The van der Waals surface area contributed by atoms with Crippen LogP contribution in [0.3, 0.4) is 0 Å². The van der Waals surface area contributed by atoms with Crippen molar-refractivity contribution < 1.29 is 38.8 Å². The number of nitro groups is 2. The van der Waals surface area contributed by atoms with Crippen molar-refractivity contribution in [2.45, 2.75) is 0 Å². The van der Waals surface area contributed by atoms with Crippen LogP contribution in [-0.2, 0) is 4.79 Å². The van der Waals surface area contributed by atoms with Crippen molar-refractivity contribution in [3.8, 4) is 23.0 Å². The van der Waals surface area contributed by atoms with Crippen LogP contribution < -0.4 is 25.0 Å². The van der Waals surface area contributed by atoms with Crippen molar-refractivity contribution in [2.24, 2.45) is 5.10 Å². The molecule has 0 aromatic heterocycles. The molecule has 0 saturated carbocycles. The van der Waals surface area contributed by atoms with Crippen molar-refractivity contribution in [1.82, 2.24) is 10.7 Å². The molecule has 2 amide bonds. The molecule has 2 aromatic rings. The van der Waals surface area contributed by atoms with Crippen LogP contribution in [-0.4, -0.2) is 60.9 Å². The van der Waals surface area contributed by atoms with E-state index in [0.717, 1.165) is 12.3 Å². The lowest BCUT2D eigenvalue weighted by Crippen LogP contribution is -2.35. The molecule has 0 bridgehead atoms. The topological polar surface area (TPSA) is 205 Å². The summed E-state index contributed by atoms with van der Waals surface area (Å²) >= 11 is 0. The third-order valence-corrected chi connectivity index (χ3v) is 4.24. The summed E-state index contributed by atoms with van der Waals surface area (Å²) in [6.45, 7) is -0.520. The van der Waals surface area contributed by atoms with Gasteiger partial charge in [-0.1, -0.05) is 0 Å². The van der Waals surface area contributed by atoms with Gasteiger partial charge in [-0.15, -0.1) is 0 Å². The Morgan fingerprint density at radius 1 is 1.03 bits per heavy atom. The fourth-order valence-corrected chi connectivity index (χ4v) is 2.66. The number of nitrogens with zero attached hydrogens (tertiary/aromatic N) is 3. The number of amides is 2. The van der Waals surface area contributed by atoms with Gasteiger partial charge in [0.05, 0.1) is 55.6 Å². The van der Waals surface area contributed by atoms with Gasteiger partial charge >= 0.3 is 5.69 Å². The molecule has 0 atom stereocenters. The van der Waals surface area contributed by atoms with Crippen LogP contribution in [0.2, 0.25) is 0 Å². The van der Waals surface area contributed by atoms with Crippen molar-refractivity contribution in [1.29, 1.82) is 0 Å². The van der Waals surface area contributed by atoms with E-state index in [4.69, 9.17) is 14.2 Å². The van der Waals surface area contributed by atoms with Gasteiger partial charge in [0.1, 0.15) is 0 Å². The molecule has 15 heteroatoms. The molecule has 0 fully saturated rings. The number of nitro benzene ring substituents is 2. The summed E-state index contributed by atoms with van der Waals surface area (Å²) in [5.41, 5.74) is 0.199. The maximum atomic E-state index is 12.4. The highest BCUT2D eigenvalue weighted by Gasteiger charge is 2.23. The van der Waals surface area contributed by atoms with Gasteiger partial charge in [0.2, 0.25) is 11.5 Å². The van der Waals surface area contributed by atoms with Gasteiger partial charge in [0.25, 0.3) is 17.5 Å². The Bertz CT molecular complexity index is 1140. The number of ether oxygens (including phenoxy) is 3. The van der Waals surface area contributed by atoms with E-state index in [2.05, 4.69) is 10.4 Å². The van der Waals surface area contributed by atoms with Crippen molar-refractivity contribution in [3.05, 3.63) is 55.6 Å². The lowest BCUT2D eigenvalue weighted by molar-refractivity contribution is -0.394. The standard InChI is InChI=1S/C19H19N5O10/c1-32-14-5-10(6-15(33-2)18(14)34-3)19(27)20-9-16(25)22-21-8-11-4-12(23(28)29)7-13(17(11)26)24(30)31/h4-8,26H,9H2,1-3H3,(H,20,27)(H,22,25)/b21-8+. The van der Waals surface area contributed by atoms with Gasteiger partial charge in [-0.2, -0.15) is 5.10 Å². The maximum Gasteiger partial charge on any atom is 0.318 e. The maximum absolute atomic E-state index is 12.4. The highest BCUT2D eigenvalue weighted by molar-refractivity contribution is 5.97. The molecular formula is C19H19N5O10. The summed E-state index contributed by atoms with van der Waals surface area (Å²) in [5, 5.41) is 37.6. The van der Waals surface area contributed by atoms with Gasteiger partial charge in [-0.25, -0.2) is 5.43 Å². The zero-order valence-corrected chi connectivity index (χ0v) is 18.1. The molecule has 0 saturated heterocycles. The first-order valence-electron chi connectivity index (χ1n) is 9.18. The van der Waals surface area contributed by atoms with E-state index < -0.39 is 45.3 Å². The van der Waals surface area contributed by atoms with E-state index in [0.29, 0.717) is 6.07 Å². The Morgan fingerprint density at radius 2 is 1.65 bits per heavy atom. The van der Waals surface area contributed by atoms with Crippen molar-refractivity contribution in [2.75, 3.05) is 27.9 Å². The summed E-state index contributed by atoms with van der Waals surface area (Å²) in [4.78, 5) is 44.3. The molecule has 180 valence electrons. The number of hydrogen-bond acceptors (Lipinski definition) is 11. The lowest BCUT2D eigenvalue weighted by Gasteiger charge is -2.14. The average molecular weight is 477 g/mol. The number of methoxy groups -OCH3 is 3. The Labute approximate surface area is 191 Å². The number of carbonyl (C=O) groups excluding carboxylic acids is 2. The molecule has 0 spiro atoms. The number of hydrazone groups is 1. The predicted octanol–water partition coefficient (Wildman–Crippen LogP) is 1.11. The van der Waals surface area contributed by atoms with E-state index in [-0.39, 0.29) is 28.4 Å². The molecule has 0 aliphatic heterocycles. The largest absolute Gasteiger partial charge is 0.502 e. The number of aromatic hydroxyl groups is 1. The van der Waals surface area contributed by atoms with Crippen LogP contribution in [0, 0.1) is 20.2 Å². The molecule has 2 rings (SSSR count). The lowest BCUT2D eigenvalue weighted by atomic mass is 10.1. The molecule has 0 heterocycles. The fourth-order valence-electron chi connectivity index (χ4n) is 2.66. The molecule has 0 unspecified atom stereocenters. The van der Waals surface area contributed by atoms with E-state index in [9.17, 15) is 34.9 Å². The number of non-ortho nitro benzene ring substituents is 1. The van der Waals surface area contributed by atoms with Crippen LogP contribution in [0.15, 0.2) is 29.4 Å². The summed E-state index contributed by atoms with van der Waals surface area (Å²) in [6.07, 6.45) is 0.786. The van der Waals surface area contributed by atoms with Crippen LogP contribution in [0.5, 0.6) is 23.0 Å². The molecule has 0 aliphatic carbocycles. The number of rotatable bonds is 10. The van der Waals surface area contributed by atoms with E-state index >= 15 is 0 Å². The molecular weight excluding hydrogens is 458 g/mol. The SMILES string of the molecule is COc1cc(C(=O)NCC(=O)N/N=C/c2cc([N+](=O)[O-])cc([N+](=O)[O-])c2O)cc(OC)c1OC. The second-order valence-electron chi connectivity index (χ2n) is 6.31. The highest BCUT2D eigenvalue weighted by Crippen LogP contribution is 2.38. The second-order valence-corrected chi connectivity index (χ2v) is 6.31. The highest BCUT2D eigenvalue weighted by atomic mass is 16.6. The van der Waals surface area contributed by atoms with Gasteiger partial charge in [-0.05, 0) is 12.1 Å². The number of phenols is 1. The number of nitrogens with one attached hydrogen (secondary N) is 2. The zero-order chi connectivity index (χ0) is 25.4. The average Bonchev–Trinajstić information content (AvgIpc) is 2.81. The zero-order valence-electron chi connectivity index (χ0n) is 18.1. The first-order chi connectivity index (χ1) is 16.1. The summed E-state index contributed by atoms with van der Waals surface area (Å²) in [6, 6.07) is 4.18. The number of phenolic OH excluding ortho intramolecular Hbond substituents is 1. The monoisotopic (exact) mass is 477 g/mol. The Morgan fingerprint density at radius 3 is 2.15 bits per heavy atom. The van der Waals surface area contributed by atoms with E-state index in [1.807, 2.05) is 5.43 Å². The molecule has 0 radical (unpaired) electrons. The Balaban J connectivity index is 2.07. The van der Waals surface area contributed by atoms with Crippen LogP contribution in [0.4, 0.5) is 11.4 Å². The number of benzene rings is 2. The molecule has 34 heavy (non-hydrogen) atoms. The van der Waals surface area contributed by atoms with Crippen LogP contribution in [0.25, 0.3) is 0 Å². The summed E-state index contributed by atoms with van der Waals surface area (Å²) < 4.78 is 15.5. The fraction of sp³-hybridized carbons (Fsp3) is 0.211. The third-order valence-electron chi connectivity index (χ3n) is 4.24. The predicted molar refractivity (Wildman–Crippen MR) is 116 cm³/mol. The van der Waals surface area contributed by atoms with Gasteiger partial charge in [-0.3, -0.25) is 29.8 Å². The normalized spacial score (nSPS) is 10.4. The Hall–Kier alpha value is -4.95.